The molecule has 2 unspecified atom stereocenters. The molecule has 2 aliphatic rings. The Labute approximate surface area is 148 Å². The van der Waals surface area contributed by atoms with Crippen LogP contribution in [0.5, 0.6) is 0 Å². The van der Waals surface area contributed by atoms with E-state index in [-0.39, 0.29) is 10.6 Å². The molecular weight excluding hydrogens is 318 g/mol. The second kappa shape index (κ2) is 8.18. The number of nitrogens with one attached hydrogen (secondary N) is 2. The molecule has 1 aliphatic carbocycles. The third kappa shape index (κ3) is 4.41. The molecule has 0 amide bonds. The summed E-state index contributed by atoms with van der Waals surface area (Å²) in [5.74, 6) is 2.66. The highest BCUT2D eigenvalue weighted by molar-refractivity contribution is 5.80. The fraction of sp³-hybridized carbons (Fsp3) is 0.611. The van der Waals surface area contributed by atoms with Gasteiger partial charge >= 0.3 is 0 Å². The molecule has 136 valence electrons. The zero-order valence-corrected chi connectivity index (χ0v) is 14.8. The lowest BCUT2D eigenvalue weighted by Crippen LogP contribution is -2.42. The molecule has 1 saturated carbocycles. The van der Waals surface area contributed by atoms with Crippen molar-refractivity contribution in [1.29, 1.82) is 0 Å². The van der Waals surface area contributed by atoms with E-state index in [9.17, 15) is 10.1 Å². The summed E-state index contributed by atoms with van der Waals surface area (Å²) in [5.41, 5.74) is 0.995. The lowest BCUT2D eigenvalue weighted by Gasteiger charge is -2.22. The highest BCUT2D eigenvalue weighted by atomic mass is 16.6. The zero-order chi connectivity index (χ0) is 17.6. The Morgan fingerprint density at radius 1 is 1.20 bits per heavy atom. The predicted octanol–water partition coefficient (Wildman–Crippen LogP) is 2.70. The van der Waals surface area contributed by atoms with E-state index in [0.717, 1.165) is 49.7 Å². The van der Waals surface area contributed by atoms with Crippen LogP contribution in [0.1, 0.15) is 25.7 Å². The van der Waals surface area contributed by atoms with Crippen LogP contribution in [0, 0.1) is 22.0 Å². The lowest BCUT2D eigenvalue weighted by atomic mass is 9.82. The first-order valence-electron chi connectivity index (χ1n) is 9.11. The average Bonchev–Trinajstić information content (AvgIpc) is 3.06. The van der Waals surface area contributed by atoms with Gasteiger partial charge in [-0.25, -0.2) is 0 Å². The third-order valence-corrected chi connectivity index (χ3v) is 5.30. The second-order valence-electron chi connectivity index (χ2n) is 6.91. The van der Waals surface area contributed by atoms with Gasteiger partial charge in [-0.15, -0.1) is 0 Å². The summed E-state index contributed by atoms with van der Waals surface area (Å²) in [6, 6.07) is 6.50. The van der Waals surface area contributed by atoms with Crippen molar-refractivity contribution < 1.29 is 4.92 Å². The summed E-state index contributed by atoms with van der Waals surface area (Å²) < 4.78 is 0. The van der Waals surface area contributed by atoms with E-state index in [1.807, 2.05) is 7.05 Å². The number of nitrogens with zero attached hydrogens (tertiary/aromatic N) is 3. The highest BCUT2D eigenvalue weighted by Gasteiger charge is 2.35. The molecule has 25 heavy (non-hydrogen) atoms. The molecule has 1 aliphatic heterocycles. The number of benzene rings is 1. The van der Waals surface area contributed by atoms with Crippen molar-refractivity contribution >= 4 is 17.3 Å². The van der Waals surface area contributed by atoms with Crippen molar-refractivity contribution in [3.8, 4) is 0 Å². The zero-order valence-electron chi connectivity index (χ0n) is 14.8. The molecule has 1 aromatic carbocycles. The normalized spacial score (nSPS) is 23.2. The Bertz CT molecular complexity index is 602. The summed E-state index contributed by atoms with van der Waals surface area (Å²) >= 11 is 0. The molecule has 0 aromatic heterocycles. The van der Waals surface area contributed by atoms with Gasteiger partial charge in [0.05, 0.1) is 4.92 Å². The number of non-ortho nitro benzene ring substituents is 1. The summed E-state index contributed by atoms with van der Waals surface area (Å²) in [5, 5.41) is 17.4. The van der Waals surface area contributed by atoms with Gasteiger partial charge in [0.1, 0.15) is 0 Å². The van der Waals surface area contributed by atoms with E-state index in [2.05, 4.69) is 20.5 Å². The number of fused-ring (bicyclic) bond motifs is 1. The van der Waals surface area contributed by atoms with E-state index < -0.39 is 0 Å². The Balaban J connectivity index is 1.42. The molecule has 0 spiro atoms. The maximum absolute atomic E-state index is 10.7. The van der Waals surface area contributed by atoms with Crippen LogP contribution >= 0.6 is 0 Å². The van der Waals surface area contributed by atoms with Crippen molar-refractivity contribution in [2.24, 2.45) is 16.8 Å². The monoisotopic (exact) mass is 345 g/mol. The van der Waals surface area contributed by atoms with E-state index in [0.29, 0.717) is 0 Å². The first-order valence-corrected chi connectivity index (χ1v) is 9.11. The quantitative estimate of drug-likeness (QED) is 0.282. The lowest BCUT2D eigenvalue weighted by molar-refractivity contribution is -0.384. The molecule has 7 heteroatoms. The van der Waals surface area contributed by atoms with E-state index in [1.165, 1.54) is 37.8 Å². The number of guanidine groups is 1. The Morgan fingerprint density at radius 2 is 1.84 bits per heavy atom. The van der Waals surface area contributed by atoms with Crippen LogP contribution in [0.3, 0.4) is 0 Å². The van der Waals surface area contributed by atoms with Crippen LogP contribution in [0.4, 0.5) is 11.4 Å². The average molecular weight is 345 g/mol. The van der Waals surface area contributed by atoms with Crippen LogP contribution in [-0.4, -0.2) is 49.0 Å². The minimum Gasteiger partial charge on any atom is -0.383 e. The van der Waals surface area contributed by atoms with E-state index in [1.54, 1.807) is 12.1 Å². The molecular formula is C18H27N5O2. The molecule has 2 N–H and O–H groups in total. The van der Waals surface area contributed by atoms with Gasteiger partial charge in [0.2, 0.25) is 0 Å². The van der Waals surface area contributed by atoms with Gasteiger partial charge in [-0.05, 0) is 36.8 Å². The van der Waals surface area contributed by atoms with Gasteiger partial charge in [0.15, 0.2) is 5.96 Å². The van der Waals surface area contributed by atoms with Gasteiger partial charge in [-0.1, -0.05) is 12.8 Å². The summed E-state index contributed by atoms with van der Waals surface area (Å²) in [6.07, 6.45) is 5.47. The van der Waals surface area contributed by atoms with Crippen LogP contribution in [-0.2, 0) is 0 Å². The first kappa shape index (κ1) is 17.5. The van der Waals surface area contributed by atoms with Crippen molar-refractivity contribution in [3.05, 3.63) is 34.4 Å². The standard InChI is InChI=1S/C18H27N5O2/c1-19-18(22-12-14-4-2-3-5-15(14)13-22)21-11-10-20-16-6-8-17(9-7-16)23(24)25/h6-9,14-15,20H,2-5,10-13H2,1H3,(H,19,21). The predicted molar refractivity (Wildman–Crippen MR) is 100.0 cm³/mol. The summed E-state index contributed by atoms with van der Waals surface area (Å²) in [4.78, 5) is 17.1. The maximum atomic E-state index is 10.7. The third-order valence-electron chi connectivity index (χ3n) is 5.30. The number of hydrogen-bond acceptors (Lipinski definition) is 4. The first-order chi connectivity index (χ1) is 12.2. The van der Waals surface area contributed by atoms with Gasteiger partial charge in [0.25, 0.3) is 5.69 Å². The Morgan fingerprint density at radius 3 is 2.40 bits per heavy atom. The van der Waals surface area contributed by atoms with Crippen molar-refractivity contribution in [2.75, 3.05) is 38.5 Å². The number of hydrogen-bond donors (Lipinski definition) is 2. The van der Waals surface area contributed by atoms with E-state index >= 15 is 0 Å². The fourth-order valence-corrected chi connectivity index (χ4v) is 3.99. The molecule has 1 heterocycles. The van der Waals surface area contributed by atoms with Crippen molar-refractivity contribution in [3.63, 3.8) is 0 Å². The smallest absolute Gasteiger partial charge is 0.269 e. The number of anilines is 1. The van der Waals surface area contributed by atoms with Crippen molar-refractivity contribution in [2.45, 2.75) is 25.7 Å². The minimum atomic E-state index is -0.386. The number of nitro benzene ring substituents is 1. The summed E-state index contributed by atoms with van der Waals surface area (Å²) in [6.45, 7) is 3.74. The molecule has 3 rings (SSSR count). The molecule has 1 aromatic rings. The molecule has 1 saturated heterocycles. The van der Waals surface area contributed by atoms with Crippen LogP contribution in [0.25, 0.3) is 0 Å². The highest BCUT2D eigenvalue weighted by Crippen LogP contribution is 2.35. The van der Waals surface area contributed by atoms with Gasteiger partial charge in [-0.2, -0.15) is 0 Å². The van der Waals surface area contributed by atoms with Crippen LogP contribution in [0.15, 0.2) is 29.3 Å². The molecule has 2 fully saturated rings. The summed E-state index contributed by atoms with van der Waals surface area (Å²) in [7, 11) is 1.84. The second-order valence-corrected chi connectivity index (χ2v) is 6.91. The Kier molecular flexibility index (Phi) is 5.73. The van der Waals surface area contributed by atoms with Crippen LogP contribution < -0.4 is 10.6 Å². The molecule has 7 nitrogen and oxygen atoms in total. The molecule has 0 bridgehead atoms. The van der Waals surface area contributed by atoms with Gasteiger partial charge < -0.3 is 15.5 Å². The largest absolute Gasteiger partial charge is 0.383 e. The molecule has 0 radical (unpaired) electrons. The van der Waals surface area contributed by atoms with Crippen LogP contribution in [0.2, 0.25) is 0 Å². The number of rotatable bonds is 5. The number of aliphatic imine (C=N–C) groups is 1. The topological polar surface area (TPSA) is 82.8 Å². The van der Waals surface area contributed by atoms with Crippen molar-refractivity contribution in [1.82, 2.24) is 10.2 Å². The Hall–Kier alpha value is -2.31. The maximum Gasteiger partial charge on any atom is 0.269 e. The van der Waals surface area contributed by atoms with Gasteiger partial charge in [-0.3, -0.25) is 15.1 Å². The van der Waals surface area contributed by atoms with E-state index in [4.69, 9.17) is 0 Å². The number of nitro groups is 1. The SMILES string of the molecule is CN=C(NCCNc1ccc([N+](=O)[O-])cc1)N1CC2CCCCC2C1. The van der Waals surface area contributed by atoms with Gasteiger partial charge in [0, 0.05) is 51.0 Å². The fourth-order valence-electron chi connectivity index (χ4n) is 3.99. The number of likely N-dealkylation sites (tertiary alicyclic amines) is 1. The minimum absolute atomic E-state index is 0.111. The molecule has 2 atom stereocenters.